The van der Waals surface area contributed by atoms with Gasteiger partial charge in [-0.1, -0.05) is 0 Å². The third-order valence-corrected chi connectivity index (χ3v) is 3.86. The molecule has 0 aromatic carbocycles. The van der Waals surface area contributed by atoms with E-state index >= 15 is 0 Å². The standard InChI is InChI=1S/C15H27N5O.ClH/c1-12(2)20-10-14(13(3)17-20)9-18(4)11-15(21)19-7-5-16-6-8-19;/h10,12,16H,5-9,11H2,1-4H3;1H. The van der Waals surface area contributed by atoms with Crippen LogP contribution in [0.2, 0.25) is 0 Å². The van der Waals surface area contributed by atoms with Crippen molar-refractivity contribution in [1.29, 1.82) is 0 Å². The van der Waals surface area contributed by atoms with E-state index < -0.39 is 0 Å². The molecule has 1 aliphatic heterocycles. The Morgan fingerprint density at radius 3 is 2.59 bits per heavy atom. The molecule has 1 N–H and O–H groups in total. The summed E-state index contributed by atoms with van der Waals surface area (Å²) in [6.45, 7) is 10.9. The van der Waals surface area contributed by atoms with Crippen LogP contribution in [0.1, 0.15) is 31.1 Å². The van der Waals surface area contributed by atoms with Crippen molar-refractivity contribution in [2.45, 2.75) is 33.4 Å². The molecule has 1 aromatic heterocycles. The molecular formula is C15H28ClN5O. The monoisotopic (exact) mass is 329 g/mol. The highest BCUT2D eigenvalue weighted by atomic mass is 35.5. The van der Waals surface area contributed by atoms with Crippen LogP contribution in [0.3, 0.4) is 0 Å². The average Bonchev–Trinajstić information content (AvgIpc) is 2.81. The predicted molar refractivity (Wildman–Crippen MR) is 90.4 cm³/mol. The number of carbonyl (C=O) groups is 1. The van der Waals surface area contributed by atoms with Gasteiger partial charge in [-0.3, -0.25) is 14.4 Å². The second-order valence-electron chi connectivity index (χ2n) is 6.12. The van der Waals surface area contributed by atoms with E-state index in [1.807, 2.05) is 23.6 Å². The summed E-state index contributed by atoms with van der Waals surface area (Å²) in [5.41, 5.74) is 2.24. The lowest BCUT2D eigenvalue weighted by Crippen LogP contribution is -2.49. The van der Waals surface area contributed by atoms with Crippen LogP contribution < -0.4 is 5.32 Å². The van der Waals surface area contributed by atoms with Gasteiger partial charge in [-0.25, -0.2) is 0 Å². The van der Waals surface area contributed by atoms with Gasteiger partial charge in [0.05, 0.1) is 12.2 Å². The minimum absolute atomic E-state index is 0. The van der Waals surface area contributed by atoms with Gasteiger partial charge >= 0.3 is 0 Å². The molecule has 1 saturated heterocycles. The van der Waals surface area contributed by atoms with Gasteiger partial charge in [-0.2, -0.15) is 5.10 Å². The molecule has 126 valence electrons. The number of nitrogens with zero attached hydrogens (tertiary/aromatic N) is 4. The zero-order valence-corrected chi connectivity index (χ0v) is 14.8. The first kappa shape index (κ1) is 18.9. The second kappa shape index (κ2) is 8.50. The number of aryl methyl sites for hydroxylation is 1. The molecule has 0 unspecified atom stereocenters. The lowest BCUT2D eigenvalue weighted by Gasteiger charge is -2.29. The molecule has 1 fully saturated rings. The number of halogens is 1. The molecule has 0 spiro atoms. The number of aromatic nitrogens is 2. The van der Waals surface area contributed by atoms with Crippen LogP contribution in [0.15, 0.2) is 6.20 Å². The first-order valence-corrected chi connectivity index (χ1v) is 7.69. The van der Waals surface area contributed by atoms with Gasteiger partial charge in [0.15, 0.2) is 0 Å². The van der Waals surface area contributed by atoms with Crippen molar-refractivity contribution >= 4 is 18.3 Å². The number of nitrogens with one attached hydrogen (secondary N) is 1. The fourth-order valence-corrected chi connectivity index (χ4v) is 2.53. The molecule has 0 radical (unpaired) electrons. The summed E-state index contributed by atoms with van der Waals surface area (Å²) in [6.07, 6.45) is 2.09. The van der Waals surface area contributed by atoms with Crippen LogP contribution in [0.4, 0.5) is 0 Å². The highest BCUT2D eigenvalue weighted by Crippen LogP contribution is 2.12. The van der Waals surface area contributed by atoms with Crippen molar-refractivity contribution in [2.24, 2.45) is 0 Å². The Kier molecular flexibility index (Phi) is 7.32. The lowest BCUT2D eigenvalue weighted by atomic mass is 10.2. The summed E-state index contributed by atoms with van der Waals surface area (Å²) >= 11 is 0. The third kappa shape index (κ3) is 4.97. The number of amides is 1. The van der Waals surface area contributed by atoms with Crippen molar-refractivity contribution in [3.8, 4) is 0 Å². The summed E-state index contributed by atoms with van der Waals surface area (Å²) in [4.78, 5) is 16.2. The minimum Gasteiger partial charge on any atom is -0.339 e. The molecule has 1 aliphatic rings. The van der Waals surface area contributed by atoms with Gasteiger partial charge < -0.3 is 10.2 Å². The first-order valence-electron chi connectivity index (χ1n) is 7.69. The van der Waals surface area contributed by atoms with E-state index in [1.165, 1.54) is 5.56 Å². The smallest absolute Gasteiger partial charge is 0.236 e. The SMILES string of the molecule is Cc1nn(C(C)C)cc1CN(C)CC(=O)N1CCNCC1.Cl. The van der Waals surface area contributed by atoms with Gasteiger partial charge in [-0.15, -0.1) is 12.4 Å². The Labute approximate surface area is 139 Å². The van der Waals surface area contributed by atoms with Gasteiger partial charge in [0, 0.05) is 50.5 Å². The molecule has 0 bridgehead atoms. The fourth-order valence-electron chi connectivity index (χ4n) is 2.53. The van der Waals surface area contributed by atoms with E-state index in [-0.39, 0.29) is 18.3 Å². The highest BCUT2D eigenvalue weighted by Gasteiger charge is 2.18. The van der Waals surface area contributed by atoms with E-state index in [4.69, 9.17) is 0 Å². The molecular weight excluding hydrogens is 302 g/mol. The minimum atomic E-state index is 0. The molecule has 1 amide bonds. The zero-order chi connectivity index (χ0) is 15.4. The predicted octanol–water partition coefficient (Wildman–Crippen LogP) is 1.06. The van der Waals surface area contributed by atoms with Gasteiger partial charge in [0.2, 0.25) is 5.91 Å². The second-order valence-corrected chi connectivity index (χ2v) is 6.12. The Bertz CT molecular complexity index is 482. The Morgan fingerprint density at radius 2 is 2.05 bits per heavy atom. The molecule has 0 aliphatic carbocycles. The largest absolute Gasteiger partial charge is 0.339 e. The van der Waals surface area contributed by atoms with Crippen LogP contribution in [0, 0.1) is 6.92 Å². The van der Waals surface area contributed by atoms with E-state index in [0.717, 1.165) is 38.4 Å². The van der Waals surface area contributed by atoms with E-state index in [2.05, 4.69) is 35.4 Å². The van der Waals surface area contributed by atoms with Gasteiger partial charge in [0.1, 0.15) is 0 Å². The third-order valence-electron chi connectivity index (χ3n) is 3.86. The lowest BCUT2D eigenvalue weighted by molar-refractivity contribution is -0.132. The number of rotatable bonds is 5. The average molecular weight is 330 g/mol. The maximum Gasteiger partial charge on any atom is 0.236 e. The molecule has 0 saturated carbocycles. The molecule has 2 rings (SSSR count). The van der Waals surface area contributed by atoms with Crippen molar-refractivity contribution < 1.29 is 4.79 Å². The maximum absolute atomic E-state index is 12.2. The summed E-state index contributed by atoms with van der Waals surface area (Å²) in [5, 5.41) is 7.78. The van der Waals surface area contributed by atoms with E-state index in [1.54, 1.807) is 0 Å². The fraction of sp³-hybridized carbons (Fsp3) is 0.733. The van der Waals surface area contributed by atoms with Crippen molar-refractivity contribution in [3.63, 3.8) is 0 Å². The Morgan fingerprint density at radius 1 is 1.41 bits per heavy atom. The molecule has 1 aromatic rings. The van der Waals surface area contributed by atoms with E-state index in [0.29, 0.717) is 12.6 Å². The Balaban J connectivity index is 0.00000242. The first-order chi connectivity index (χ1) is 9.97. The van der Waals surface area contributed by atoms with Crippen LogP contribution in [0.25, 0.3) is 0 Å². The van der Waals surface area contributed by atoms with Gasteiger partial charge in [0.25, 0.3) is 0 Å². The van der Waals surface area contributed by atoms with Gasteiger partial charge in [-0.05, 0) is 27.8 Å². The number of likely N-dealkylation sites (N-methyl/N-ethyl adjacent to an activating group) is 1. The number of piperazine rings is 1. The molecule has 0 atom stereocenters. The van der Waals surface area contributed by atoms with Crippen molar-refractivity contribution in [2.75, 3.05) is 39.8 Å². The normalized spacial score (nSPS) is 15.3. The van der Waals surface area contributed by atoms with Crippen LogP contribution >= 0.6 is 12.4 Å². The molecule has 22 heavy (non-hydrogen) atoms. The summed E-state index contributed by atoms with van der Waals surface area (Å²) in [6, 6.07) is 0.366. The zero-order valence-electron chi connectivity index (χ0n) is 14.0. The highest BCUT2D eigenvalue weighted by molar-refractivity contribution is 5.85. The maximum atomic E-state index is 12.2. The quantitative estimate of drug-likeness (QED) is 0.877. The van der Waals surface area contributed by atoms with Crippen molar-refractivity contribution in [1.82, 2.24) is 24.9 Å². The van der Waals surface area contributed by atoms with Crippen LogP contribution in [-0.2, 0) is 11.3 Å². The van der Waals surface area contributed by atoms with E-state index in [9.17, 15) is 4.79 Å². The van der Waals surface area contributed by atoms with Crippen molar-refractivity contribution in [3.05, 3.63) is 17.5 Å². The number of hydrogen-bond donors (Lipinski definition) is 1. The topological polar surface area (TPSA) is 53.4 Å². The van der Waals surface area contributed by atoms with Crippen LogP contribution in [-0.4, -0.2) is 65.3 Å². The molecule has 6 nitrogen and oxygen atoms in total. The van der Waals surface area contributed by atoms with Crippen LogP contribution in [0.5, 0.6) is 0 Å². The summed E-state index contributed by atoms with van der Waals surface area (Å²) in [5.74, 6) is 0.216. The molecule has 7 heteroatoms. The number of carbonyl (C=O) groups excluding carboxylic acids is 1. The summed E-state index contributed by atoms with van der Waals surface area (Å²) in [7, 11) is 1.99. The number of hydrogen-bond acceptors (Lipinski definition) is 4. The summed E-state index contributed by atoms with van der Waals surface area (Å²) < 4.78 is 1.98. The Hall–Kier alpha value is -1.11. The molecule has 2 heterocycles.